The first-order valence-corrected chi connectivity index (χ1v) is 9.52. The standard InChI is InChI=1S/C20H21N3OS/c1-23-10-8-14(9-11-23)21-20(24)16-13-18(19-7-4-12-25-19)22-17-6-3-2-5-15(16)17/h2-7,12-14H,8-11H2,1H3,(H,21,24). The Morgan fingerprint density at radius 2 is 2.00 bits per heavy atom. The quantitative estimate of drug-likeness (QED) is 0.781. The van der Waals surface area contributed by atoms with Crippen LogP contribution in [0.15, 0.2) is 47.8 Å². The molecule has 4 rings (SSSR count). The van der Waals surface area contributed by atoms with Crippen LogP contribution in [-0.2, 0) is 0 Å². The van der Waals surface area contributed by atoms with Gasteiger partial charge in [-0.1, -0.05) is 24.3 Å². The molecule has 1 amide bonds. The highest BCUT2D eigenvalue weighted by Gasteiger charge is 2.21. The second-order valence-corrected chi connectivity index (χ2v) is 7.55. The maximum Gasteiger partial charge on any atom is 0.252 e. The molecule has 2 aromatic heterocycles. The van der Waals surface area contributed by atoms with Crippen molar-refractivity contribution in [2.75, 3.05) is 20.1 Å². The molecule has 1 saturated heterocycles. The number of nitrogens with one attached hydrogen (secondary N) is 1. The zero-order valence-electron chi connectivity index (χ0n) is 14.2. The summed E-state index contributed by atoms with van der Waals surface area (Å²) in [5.41, 5.74) is 2.44. The van der Waals surface area contributed by atoms with Gasteiger partial charge in [0.2, 0.25) is 0 Å². The van der Waals surface area contributed by atoms with Crippen LogP contribution in [-0.4, -0.2) is 42.0 Å². The van der Waals surface area contributed by atoms with E-state index in [1.165, 1.54) is 0 Å². The number of aromatic nitrogens is 1. The molecule has 0 bridgehead atoms. The van der Waals surface area contributed by atoms with E-state index in [0.717, 1.165) is 47.4 Å². The van der Waals surface area contributed by atoms with Gasteiger partial charge >= 0.3 is 0 Å². The molecule has 0 aliphatic carbocycles. The lowest BCUT2D eigenvalue weighted by molar-refractivity contribution is 0.0918. The van der Waals surface area contributed by atoms with Gasteiger partial charge in [0.05, 0.1) is 21.7 Å². The van der Waals surface area contributed by atoms with E-state index < -0.39 is 0 Å². The van der Waals surface area contributed by atoms with Gasteiger partial charge in [-0.05, 0) is 56.6 Å². The summed E-state index contributed by atoms with van der Waals surface area (Å²) in [5, 5.41) is 6.17. The predicted octanol–water partition coefficient (Wildman–Crippen LogP) is 3.79. The largest absolute Gasteiger partial charge is 0.349 e. The van der Waals surface area contributed by atoms with Gasteiger partial charge in [-0.2, -0.15) is 0 Å². The number of rotatable bonds is 3. The van der Waals surface area contributed by atoms with Crippen molar-refractivity contribution in [1.29, 1.82) is 0 Å². The van der Waals surface area contributed by atoms with E-state index in [2.05, 4.69) is 17.3 Å². The molecule has 128 valence electrons. The van der Waals surface area contributed by atoms with Crippen LogP contribution in [0.4, 0.5) is 0 Å². The van der Waals surface area contributed by atoms with Crippen molar-refractivity contribution in [3.63, 3.8) is 0 Å². The number of amides is 1. The molecular formula is C20H21N3OS. The molecule has 3 heterocycles. The molecule has 0 unspecified atom stereocenters. The molecule has 1 N–H and O–H groups in total. The van der Waals surface area contributed by atoms with E-state index in [1.54, 1.807) is 11.3 Å². The first kappa shape index (κ1) is 16.2. The zero-order valence-corrected chi connectivity index (χ0v) is 15.1. The third kappa shape index (κ3) is 3.43. The number of hydrogen-bond donors (Lipinski definition) is 1. The minimum absolute atomic E-state index is 0.00552. The average molecular weight is 351 g/mol. The number of carbonyl (C=O) groups excluding carboxylic acids is 1. The summed E-state index contributed by atoms with van der Waals surface area (Å²) in [4.78, 5) is 21.1. The van der Waals surface area contributed by atoms with Crippen LogP contribution in [0.5, 0.6) is 0 Å². The lowest BCUT2D eigenvalue weighted by Gasteiger charge is -2.29. The Kier molecular flexibility index (Phi) is 4.51. The Hall–Kier alpha value is -2.24. The van der Waals surface area contributed by atoms with E-state index in [0.29, 0.717) is 5.56 Å². The molecule has 25 heavy (non-hydrogen) atoms. The van der Waals surface area contributed by atoms with Crippen molar-refractivity contribution in [2.24, 2.45) is 0 Å². The van der Waals surface area contributed by atoms with Crippen LogP contribution in [0.1, 0.15) is 23.2 Å². The van der Waals surface area contributed by atoms with E-state index in [9.17, 15) is 4.79 Å². The lowest BCUT2D eigenvalue weighted by atomic mass is 10.0. The van der Waals surface area contributed by atoms with Crippen molar-refractivity contribution in [2.45, 2.75) is 18.9 Å². The van der Waals surface area contributed by atoms with Crippen LogP contribution < -0.4 is 5.32 Å². The third-order valence-electron chi connectivity index (χ3n) is 4.79. The molecule has 3 aromatic rings. The highest BCUT2D eigenvalue weighted by atomic mass is 32.1. The maximum atomic E-state index is 13.0. The summed E-state index contributed by atoms with van der Waals surface area (Å²) in [7, 11) is 2.13. The monoisotopic (exact) mass is 351 g/mol. The van der Waals surface area contributed by atoms with Gasteiger partial charge in [0.1, 0.15) is 0 Å². The molecule has 0 spiro atoms. The van der Waals surface area contributed by atoms with Crippen LogP contribution in [0.2, 0.25) is 0 Å². The summed E-state index contributed by atoms with van der Waals surface area (Å²) in [6, 6.07) is 14.1. The summed E-state index contributed by atoms with van der Waals surface area (Å²) in [6.45, 7) is 2.06. The Morgan fingerprint density at radius 3 is 2.76 bits per heavy atom. The number of piperidine rings is 1. The highest BCUT2D eigenvalue weighted by Crippen LogP contribution is 2.28. The number of hydrogen-bond acceptors (Lipinski definition) is 4. The first-order valence-electron chi connectivity index (χ1n) is 8.64. The Balaban J connectivity index is 1.68. The number of carbonyl (C=O) groups is 1. The van der Waals surface area contributed by atoms with Crippen LogP contribution >= 0.6 is 11.3 Å². The minimum atomic E-state index is 0.00552. The molecule has 4 nitrogen and oxygen atoms in total. The van der Waals surface area contributed by atoms with Crippen LogP contribution in [0, 0.1) is 0 Å². The van der Waals surface area contributed by atoms with E-state index in [-0.39, 0.29) is 11.9 Å². The van der Waals surface area contributed by atoms with Crippen molar-refractivity contribution in [3.8, 4) is 10.6 Å². The first-order chi connectivity index (χ1) is 12.2. The summed E-state index contributed by atoms with van der Waals surface area (Å²) < 4.78 is 0. The Morgan fingerprint density at radius 1 is 1.20 bits per heavy atom. The summed E-state index contributed by atoms with van der Waals surface area (Å²) in [6.07, 6.45) is 2.01. The van der Waals surface area contributed by atoms with Crippen molar-refractivity contribution >= 4 is 28.1 Å². The molecule has 1 fully saturated rings. The van der Waals surface area contributed by atoms with Gasteiger partial charge in [0.25, 0.3) is 5.91 Å². The van der Waals surface area contributed by atoms with Gasteiger partial charge in [0.15, 0.2) is 0 Å². The number of pyridine rings is 1. The number of benzene rings is 1. The fraction of sp³-hybridized carbons (Fsp3) is 0.300. The van der Waals surface area contributed by atoms with Crippen LogP contribution in [0.25, 0.3) is 21.5 Å². The molecule has 0 saturated carbocycles. The van der Waals surface area contributed by atoms with Crippen molar-refractivity contribution < 1.29 is 4.79 Å². The number of nitrogens with zero attached hydrogens (tertiary/aromatic N) is 2. The topological polar surface area (TPSA) is 45.2 Å². The number of thiophene rings is 1. The fourth-order valence-corrected chi connectivity index (χ4v) is 4.02. The van der Waals surface area contributed by atoms with E-state index >= 15 is 0 Å². The van der Waals surface area contributed by atoms with Gasteiger partial charge in [0, 0.05) is 11.4 Å². The normalized spacial score (nSPS) is 16.2. The molecule has 0 radical (unpaired) electrons. The smallest absolute Gasteiger partial charge is 0.252 e. The predicted molar refractivity (Wildman–Crippen MR) is 103 cm³/mol. The molecule has 5 heteroatoms. The number of fused-ring (bicyclic) bond motifs is 1. The minimum Gasteiger partial charge on any atom is -0.349 e. The van der Waals surface area contributed by atoms with Gasteiger partial charge < -0.3 is 10.2 Å². The van der Waals surface area contributed by atoms with E-state index in [1.807, 2.05) is 47.8 Å². The lowest BCUT2D eigenvalue weighted by Crippen LogP contribution is -2.43. The van der Waals surface area contributed by atoms with Gasteiger partial charge in [-0.15, -0.1) is 11.3 Å². The van der Waals surface area contributed by atoms with Crippen molar-refractivity contribution in [1.82, 2.24) is 15.2 Å². The Labute approximate surface area is 151 Å². The molecule has 1 aliphatic rings. The number of para-hydroxylation sites is 1. The molecular weight excluding hydrogens is 330 g/mol. The number of likely N-dealkylation sites (tertiary alicyclic amines) is 1. The van der Waals surface area contributed by atoms with Crippen LogP contribution in [0.3, 0.4) is 0 Å². The van der Waals surface area contributed by atoms with Gasteiger partial charge in [-0.25, -0.2) is 4.98 Å². The third-order valence-corrected chi connectivity index (χ3v) is 5.68. The second-order valence-electron chi connectivity index (χ2n) is 6.60. The Bertz CT molecular complexity index is 883. The van der Waals surface area contributed by atoms with Crippen molar-refractivity contribution in [3.05, 3.63) is 53.4 Å². The molecule has 1 aliphatic heterocycles. The highest BCUT2D eigenvalue weighted by molar-refractivity contribution is 7.13. The van der Waals surface area contributed by atoms with Gasteiger partial charge in [-0.3, -0.25) is 4.79 Å². The molecule has 0 atom stereocenters. The maximum absolute atomic E-state index is 13.0. The summed E-state index contributed by atoms with van der Waals surface area (Å²) in [5.74, 6) is 0.00552. The molecule has 1 aromatic carbocycles. The average Bonchev–Trinajstić information content (AvgIpc) is 3.17. The fourth-order valence-electron chi connectivity index (χ4n) is 3.33. The SMILES string of the molecule is CN1CCC(NC(=O)c2cc(-c3cccs3)nc3ccccc23)CC1. The van der Waals surface area contributed by atoms with E-state index in [4.69, 9.17) is 4.98 Å². The second kappa shape index (κ2) is 6.94. The zero-order chi connectivity index (χ0) is 17.2. The summed E-state index contributed by atoms with van der Waals surface area (Å²) >= 11 is 1.64.